The van der Waals surface area contributed by atoms with Crippen molar-refractivity contribution in [3.63, 3.8) is 0 Å². The van der Waals surface area contributed by atoms with Crippen LogP contribution in [-0.4, -0.2) is 123 Å². The van der Waals surface area contributed by atoms with E-state index in [2.05, 4.69) is 30.2 Å². The van der Waals surface area contributed by atoms with Crippen LogP contribution in [0.1, 0.15) is 180 Å². The Balaban J connectivity index is 0.000000127. The lowest BCUT2D eigenvalue weighted by Gasteiger charge is -2.44. The molecule has 19 nitrogen and oxygen atoms in total. The number of fused-ring (bicyclic) bond motifs is 6. The van der Waals surface area contributed by atoms with Gasteiger partial charge in [0.2, 0.25) is 0 Å². The van der Waals surface area contributed by atoms with Crippen molar-refractivity contribution in [3.8, 4) is 17.1 Å². The average molecular weight is 1570 g/mol. The summed E-state index contributed by atoms with van der Waals surface area (Å²) in [6.45, 7) is 3.45. The zero-order valence-corrected chi connectivity index (χ0v) is 64.6. The lowest BCUT2D eigenvalue weighted by molar-refractivity contribution is 0.0789. The summed E-state index contributed by atoms with van der Waals surface area (Å²) in [6, 6.07) is 33.9. The van der Waals surface area contributed by atoms with E-state index in [1.165, 1.54) is 36.4 Å². The number of benzene rings is 3. The molecule has 0 bridgehead atoms. The van der Waals surface area contributed by atoms with Crippen molar-refractivity contribution in [3.05, 3.63) is 268 Å². The standard InChI is InChI=1S/C30H31F2N3O3S.C29H27FN4O3S.C27H26FN3O3S/c1-29(32)13-11-24(12-14-29)39(37,38)25-10-5-21-16-27-20(19-34-35(27)23-8-6-22(31)7-9-23)17-30(21,18-25)28(36)26-4-2-3-15-33-26;1-19-3-10-26(31-16-19)28(35)29-14-20-17-32-34(23-7-5-22(30)6-8-23)27(20)13-21(29)4-9-24(15-29)38(36,37)25-11-12-33(2)18-25;28-20-8-10-21(11-9-20)31-25-14-19-7-12-23(35(33,34)22-4-3-5-22)16-27(19,15-18(25)17-30-31)26(32)24-6-1-2-13-29-24/h2-4,6-9,15-16,19,24-25H,5,10-14,17-18H2,1H3;3,5-8,10-13,16-18,24H,4,9,14-15H2,1-2H3;1-2,6,8-11,13-14,17,22-23H,3-5,7,12,15-16H2/t24?,25-,29?,30-;24-,29-;23-,27-/m000/s1. The number of alkyl halides is 1. The maximum Gasteiger partial charge on any atom is 0.191 e. The van der Waals surface area contributed by atoms with E-state index < -0.39 is 72.4 Å². The maximum absolute atomic E-state index is 14.5. The number of aromatic nitrogens is 10. The van der Waals surface area contributed by atoms with E-state index in [0.717, 1.165) is 81.0 Å². The van der Waals surface area contributed by atoms with Crippen molar-refractivity contribution in [1.82, 2.24) is 48.9 Å². The molecule has 578 valence electrons. The fraction of sp³-hybridized carbons (Fsp3) is 0.360. The van der Waals surface area contributed by atoms with E-state index in [1.54, 1.807) is 167 Å². The van der Waals surface area contributed by atoms with E-state index in [4.69, 9.17) is 0 Å². The number of sulfone groups is 3. The number of carbonyl (C=O) groups is 3. The first kappa shape index (κ1) is 75.8. The summed E-state index contributed by atoms with van der Waals surface area (Å²) in [5.74, 6) is -1.48. The minimum absolute atomic E-state index is 0.127. The number of ketones is 3. The van der Waals surface area contributed by atoms with Gasteiger partial charge in [0.05, 0.1) is 100 Å². The van der Waals surface area contributed by atoms with Crippen LogP contribution in [0.15, 0.2) is 199 Å². The number of pyridine rings is 3. The Bertz CT molecular complexity index is 5770. The van der Waals surface area contributed by atoms with Gasteiger partial charge in [-0.1, -0.05) is 41.3 Å². The number of hydrogen-bond donors (Lipinski definition) is 0. The highest BCUT2D eigenvalue weighted by atomic mass is 32.2. The molecule has 0 radical (unpaired) electrons. The van der Waals surface area contributed by atoms with E-state index in [0.29, 0.717) is 99.1 Å². The Morgan fingerprint density at radius 2 is 0.830 bits per heavy atom. The van der Waals surface area contributed by atoms with Crippen molar-refractivity contribution >= 4 is 65.1 Å². The highest BCUT2D eigenvalue weighted by Crippen LogP contribution is 2.56. The number of aryl methyl sites for hydroxylation is 2. The molecule has 8 aliphatic carbocycles. The summed E-state index contributed by atoms with van der Waals surface area (Å²) < 4.78 is 144. The van der Waals surface area contributed by atoms with Crippen LogP contribution < -0.4 is 0 Å². The Morgan fingerprint density at radius 1 is 0.446 bits per heavy atom. The fourth-order valence-corrected chi connectivity index (χ4v) is 25.1. The molecule has 0 unspecified atom stereocenters. The number of allylic oxidation sites excluding steroid dienone is 3. The molecule has 26 heteroatoms. The Kier molecular flexibility index (Phi) is 19.9. The van der Waals surface area contributed by atoms with E-state index in [1.807, 2.05) is 31.2 Å². The molecule has 0 amide bonds. The lowest BCUT2D eigenvalue weighted by atomic mass is 9.61. The minimum Gasteiger partial charge on any atom is -0.356 e. The monoisotopic (exact) mass is 1570 g/mol. The molecule has 10 aromatic rings. The van der Waals surface area contributed by atoms with Crippen molar-refractivity contribution in [2.24, 2.45) is 23.3 Å². The molecule has 0 saturated heterocycles. The van der Waals surface area contributed by atoms with Crippen LogP contribution in [0.3, 0.4) is 0 Å². The summed E-state index contributed by atoms with van der Waals surface area (Å²) in [7, 11) is -8.75. The predicted octanol–water partition coefficient (Wildman–Crippen LogP) is 15.5. The molecule has 7 aromatic heterocycles. The Morgan fingerprint density at radius 3 is 1.18 bits per heavy atom. The highest BCUT2D eigenvalue weighted by Gasteiger charge is 2.57. The molecule has 7 heterocycles. The smallest absolute Gasteiger partial charge is 0.191 e. The molecule has 8 aliphatic rings. The van der Waals surface area contributed by atoms with Gasteiger partial charge in [0, 0.05) is 38.0 Å². The van der Waals surface area contributed by atoms with Crippen molar-refractivity contribution in [1.29, 1.82) is 0 Å². The quantitative estimate of drug-likeness (QED) is 0.0683. The summed E-state index contributed by atoms with van der Waals surface area (Å²) in [4.78, 5) is 55.8. The van der Waals surface area contributed by atoms with Crippen LogP contribution >= 0.6 is 0 Å². The average Bonchev–Trinajstić information content (AvgIpc) is 0.896. The van der Waals surface area contributed by atoms with Crippen molar-refractivity contribution in [2.45, 2.75) is 173 Å². The van der Waals surface area contributed by atoms with Gasteiger partial charge < -0.3 is 4.57 Å². The van der Waals surface area contributed by atoms with Crippen LogP contribution in [0.5, 0.6) is 0 Å². The molecule has 18 rings (SSSR count). The third kappa shape index (κ3) is 13.9. The number of rotatable bonds is 15. The molecular weight excluding hydrogens is 1490 g/mol. The van der Waals surface area contributed by atoms with Gasteiger partial charge in [-0.2, -0.15) is 15.3 Å². The molecule has 0 spiro atoms. The second kappa shape index (κ2) is 29.4. The number of hydrogen-bond acceptors (Lipinski definition) is 15. The molecule has 3 aromatic carbocycles. The minimum atomic E-state index is -3.65. The SMILES string of the molecule is CC1(F)CCC(S(=O)(=O)[C@H]2CCC3=Cc4c(cnn4-c4ccc(F)cc4)C[C@]3(C(=O)c3ccccn3)C2)CC1.Cc1ccc(C(=O)[C@]23Cc4cnn(-c5ccc(F)cc5)c4C=C2CC[C@H](S(=O)(=O)c2ccn(C)c2)C3)nc1.O=C(c1ccccn1)[C@]12Cc3cnn(-c4ccc(F)cc4)c3C=C1CC[C@H](S(=O)(=O)C1CCC1)C2. The third-order valence-electron chi connectivity index (χ3n) is 24.8. The summed E-state index contributed by atoms with van der Waals surface area (Å²) >= 11 is 0. The first-order chi connectivity index (χ1) is 53.6. The van der Waals surface area contributed by atoms with E-state index in [-0.39, 0.29) is 77.1 Å². The van der Waals surface area contributed by atoms with E-state index >= 15 is 0 Å². The van der Waals surface area contributed by atoms with Gasteiger partial charge in [-0.15, -0.1) is 0 Å². The summed E-state index contributed by atoms with van der Waals surface area (Å²) in [5.41, 5.74) is 7.44. The summed E-state index contributed by atoms with van der Waals surface area (Å²) in [6.07, 6.45) is 27.2. The summed E-state index contributed by atoms with van der Waals surface area (Å²) in [5, 5.41) is 10.8. The van der Waals surface area contributed by atoms with Crippen LogP contribution in [0.25, 0.3) is 35.3 Å². The molecule has 0 aliphatic heterocycles. The topological polar surface area (TPSA) is 251 Å². The van der Waals surface area contributed by atoms with Gasteiger partial charge in [-0.05, 0) is 279 Å². The van der Waals surface area contributed by atoms with Gasteiger partial charge >= 0.3 is 0 Å². The number of nitrogens with zero attached hydrogens (tertiary/aromatic N) is 10. The van der Waals surface area contributed by atoms with Gasteiger partial charge in [-0.3, -0.25) is 29.3 Å². The number of carbonyl (C=O) groups excluding carboxylic acids is 3. The molecule has 5 fully saturated rings. The molecule has 5 saturated carbocycles. The van der Waals surface area contributed by atoms with Gasteiger partial charge in [0.25, 0.3) is 0 Å². The van der Waals surface area contributed by atoms with Gasteiger partial charge in [-0.25, -0.2) is 56.9 Å². The Labute approximate surface area is 647 Å². The zero-order chi connectivity index (χ0) is 78.3. The normalized spacial score (nSPS) is 24.7. The first-order valence-electron chi connectivity index (χ1n) is 38.2. The largest absolute Gasteiger partial charge is 0.356 e. The fourth-order valence-electron chi connectivity index (χ4n) is 18.3. The van der Waals surface area contributed by atoms with Crippen LogP contribution in [0.2, 0.25) is 0 Å². The second-order valence-corrected chi connectivity index (χ2v) is 39.0. The zero-order valence-electron chi connectivity index (χ0n) is 62.2. The van der Waals surface area contributed by atoms with Gasteiger partial charge in [0.15, 0.2) is 46.9 Å². The molecule has 0 N–H and O–H groups in total. The van der Waals surface area contributed by atoms with Crippen LogP contribution in [0, 0.1) is 40.6 Å². The Hall–Kier alpha value is -10.2. The third-order valence-corrected chi connectivity index (χ3v) is 32.4. The van der Waals surface area contributed by atoms with Gasteiger partial charge in [0.1, 0.15) is 40.2 Å². The maximum atomic E-state index is 14.5. The molecule has 6 atom stereocenters. The predicted molar refractivity (Wildman–Crippen MR) is 416 cm³/mol. The highest BCUT2D eigenvalue weighted by molar-refractivity contribution is 7.93. The molecular formula is C86H84F4N10O9S3. The van der Waals surface area contributed by atoms with Crippen molar-refractivity contribution in [2.75, 3.05) is 0 Å². The van der Waals surface area contributed by atoms with Crippen molar-refractivity contribution < 1.29 is 57.2 Å². The second-order valence-electron chi connectivity index (χ2n) is 31.7. The lowest BCUT2D eigenvalue weighted by Crippen LogP contribution is -2.48. The number of halogens is 4. The molecule has 112 heavy (non-hydrogen) atoms. The van der Waals surface area contributed by atoms with Crippen LogP contribution in [0.4, 0.5) is 17.6 Å². The first-order valence-corrected chi connectivity index (χ1v) is 42.9. The number of Topliss-reactive ketones (excluding diaryl/α,β-unsaturated/α-hetero) is 3. The van der Waals surface area contributed by atoms with E-state index in [9.17, 15) is 57.2 Å². The van der Waals surface area contributed by atoms with Crippen LogP contribution in [-0.2, 0) is 55.8 Å².